The highest BCUT2D eigenvalue weighted by molar-refractivity contribution is 6.12. The first kappa shape index (κ1) is 27.3. The van der Waals surface area contributed by atoms with E-state index in [0.29, 0.717) is 0 Å². The van der Waals surface area contributed by atoms with Crippen molar-refractivity contribution in [2.75, 3.05) is 7.05 Å². The van der Waals surface area contributed by atoms with Crippen molar-refractivity contribution in [1.82, 2.24) is 5.01 Å². The lowest BCUT2D eigenvalue weighted by atomic mass is 9.65. The third-order valence-electron chi connectivity index (χ3n) is 7.95. The van der Waals surface area contributed by atoms with Gasteiger partial charge in [0.15, 0.2) is 0 Å². The average Bonchev–Trinajstić information content (AvgIpc) is 3.16. The van der Waals surface area contributed by atoms with Crippen LogP contribution in [0.1, 0.15) is 91.9 Å². The Bertz CT molecular complexity index is 1280. The lowest BCUT2D eigenvalue weighted by Crippen LogP contribution is -2.38. The fourth-order valence-electron chi connectivity index (χ4n) is 5.89. The van der Waals surface area contributed by atoms with Crippen LogP contribution in [0.3, 0.4) is 0 Å². The number of nitrogens with two attached hydrogens (primary N) is 1. The molecule has 2 aromatic carbocycles. The van der Waals surface area contributed by atoms with Crippen molar-refractivity contribution in [2.24, 2.45) is 20.8 Å². The maximum absolute atomic E-state index is 12.8. The smallest absolute Gasteiger partial charge is 0.248 e. The molecule has 8 nitrogen and oxygen atoms in total. The zero-order valence-corrected chi connectivity index (χ0v) is 22.5. The molecular formula is C30H35N5O3. The predicted octanol–water partition coefficient (Wildman–Crippen LogP) is 4.60. The highest BCUT2D eigenvalue weighted by atomic mass is 16.2. The van der Waals surface area contributed by atoms with Crippen molar-refractivity contribution in [1.29, 1.82) is 0 Å². The fraction of sp³-hybridized carbons (Fsp3) is 0.467. The normalized spacial score (nSPS) is 20.7. The highest BCUT2D eigenvalue weighted by Crippen LogP contribution is 2.47. The van der Waals surface area contributed by atoms with Gasteiger partial charge in [-0.05, 0) is 79.8 Å². The monoisotopic (exact) mass is 513 g/mol. The Hall–Kier alpha value is -3.70. The van der Waals surface area contributed by atoms with Crippen molar-refractivity contribution in [3.8, 4) is 0 Å². The van der Waals surface area contributed by atoms with E-state index in [9.17, 15) is 14.4 Å². The molecule has 1 amide bonds. The van der Waals surface area contributed by atoms with Crippen molar-refractivity contribution in [3.63, 3.8) is 0 Å². The van der Waals surface area contributed by atoms with E-state index in [4.69, 9.17) is 10.8 Å². The first-order valence-electron chi connectivity index (χ1n) is 13.2. The molecule has 4 rings (SSSR count). The van der Waals surface area contributed by atoms with E-state index in [-0.39, 0.29) is 30.5 Å². The molecule has 1 aliphatic heterocycles. The summed E-state index contributed by atoms with van der Waals surface area (Å²) in [5.41, 5.74) is 12.8. The minimum Gasteiger partial charge on any atom is -0.328 e. The summed E-state index contributed by atoms with van der Waals surface area (Å²) in [7, 11) is 1.70. The number of carbonyl (C=O) groups is 1. The summed E-state index contributed by atoms with van der Waals surface area (Å²) < 4.78 is 0. The average molecular weight is 514 g/mol. The molecule has 0 radical (unpaired) electrons. The molecule has 1 aliphatic carbocycles. The second kappa shape index (κ2) is 11.4. The van der Waals surface area contributed by atoms with Crippen LogP contribution in [-0.2, 0) is 32.6 Å². The van der Waals surface area contributed by atoms with Crippen molar-refractivity contribution in [3.05, 3.63) is 69.8 Å². The van der Waals surface area contributed by atoms with Crippen LogP contribution in [0.4, 0.5) is 0 Å². The standard InChI is InChI=1S/C30H35N5O3/c1-19(31)6-5-13-30(28-16-29(38)35(4)34-28)26-11-9-22(20(2)32-17-36)14-24(26)7-8-25-15-23(10-12-27(25)30)21(3)33-18-37/h9-12,14-15,19-21H,5-8,13,16,31H2,1-4H3/t19-,20?,21?,30?/m1/s1. The summed E-state index contributed by atoms with van der Waals surface area (Å²) in [6.07, 6.45) is 7.58. The van der Waals surface area contributed by atoms with Gasteiger partial charge in [-0.25, -0.2) is 14.6 Å². The molecule has 0 fully saturated rings. The van der Waals surface area contributed by atoms with E-state index in [1.54, 1.807) is 19.2 Å². The predicted molar refractivity (Wildman–Crippen MR) is 146 cm³/mol. The van der Waals surface area contributed by atoms with Crippen LogP contribution in [0.5, 0.6) is 0 Å². The third-order valence-corrected chi connectivity index (χ3v) is 7.95. The molecule has 0 bridgehead atoms. The van der Waals surface area contributed by atoms with Gasteiger partial charge in [0, 0.05) is 13.1 Å². The lowest BCUT2D eigenvalue weighted by molar-refractivity contribution is -0.127. The minimum atomic E-state index is -0.623. The van der Waals surface area contributed by atoms with Crippen LogP contribution in [0, 0.1) is 0 Å². The molecular weight excluding hydrogens is 478 g/mol. The molecule has 2 aromatic rings. The molecule has 1 heterocycles. The Balaban J connectivity index is 1.98. The molecule has 38 heavy (non-hydrogen) atoms. The minimum absolute atomic E-state index is 0.0324. The summed E-state index contributed by atoms with van der Waals surface area (Å²) in [5.74, 6) is -0.0324. The Labute approximate surface area is 223 Å². The van der Waals surface area contributed by atoms with Gasteiger partial charge in [-0.15, -0.1) is 0 Å². The molecule has 0 saturated heterocycles. The van der Waals surface area contributed by atoms with Crippen LogP contribution in [-0.4, -0.2) is 41.9 Å². The van der Waals surface area contributed by atoms with E-state index < -0.39 is 5.41 Å². The van der Waals surface area contributed by atoms with Crippen molar-refractivity contribution < 1.29 is 14.4 Å². The molecule has 2 N–H and O–H groups in total. The number of nitrogens with zero attached hydrogens (tertiary/aromatic N) is 4. The Morgan fingerprint density at radius 1 is 0.974 bits per heavy atom. The molecule has 3 atom stereocenters. The highest BCUT2D eigenvalue weighted by Gasteiger charge is 2.46. The van der Waals surface area contributed by atoms with Crippen molar-refractivity contribution >= 4 is 23.8 Å². The van der Waals surface area contributed by atoms with Gasteiger partial charge in [-0.3, -0.25) is 4.79 Å². The number of carbonyl (C=O) groups excluding carboxylic acids is 3. The number of hydrazone groups is 1. The van der Waals surface area contributed by atoms with Gasteiger partial charge in [0.05, 0.1) is 29.6 Å². The van der Waals surface area contributed by atoms with E-state index in [1.807, 2.05) is 32.9 Å². The number of aliphatic imine (C=N–C) groups is 2. The number of isocyanates is 2. The van der Waals surface area contributed by atoms with Gasteiger partial charge in [-0.2, -0.15) is 15.1 Å². The van der Waals surface area contributed by atoms with Crippen LogP contribution in [0.2, 0.25) is 0 Å². The molecule has 8 heteroatoms. The van der Waals surface area contributed by atoms with E-state index >= 15 is 0 Å². The van der Waals surface area contributed by atoms with Crippen LogP contribution < -0.4 is 5.73 Å². The Morgan fingerprint density at radius 2 is 1.50 bits per heavy atom. The largest absolute Gasteiger partial charge is 0.328 e. The number of rotatable bonds is 9. The van der Waals surface area contributed by atoms with Crippen LogP contribution >= 0.6 is 0 Å². The first-order chi connectivity index (χ1) is 18.2. The number of benzene rings is 2. The molecule has 0 saturated carbocycles. The van der Waals surface area contributed by atoms with Gasteiger partial charge in [0.1, 0.15) is 0 Å². The van der Waals surface area contributed by atoms with Gasteiger partial charge >= 0.3 is 0 Å². The molecule has 2 aliphatic rings. The quantitative estimate of drug-likeness (QED) is 0.389. The first-order valence-corrected chi connectivity index (χ1v) is 13.2. The summed E-state index contributed by atoms with van der Waals surface area (Å²) in [5, 5.41) is 6.25. The maximum Gasteiger partial charge on any atom is 0.248 e. The van der Waals surface area contributed by atoms with E-state index in [1.165, 1.54) is 5.01 Å². The summed E-state index contributed by atoms with van der Waals surface area (Å²) in [4.78, 5) is 42.5. The second-order valence-electron chi connectivity index (χ2n) is 10.5. The number of hydrogen-bond acceptors (Lipinski definition) is 7. The molecule has 198 valence electrons. The number of hydrogen-bond donors (Lipinski definition) is 1. The van der Waals surface area contributed by atoms with Gasteiger partial charge in [0.25, 0.3) is 0 Å². The number of aryl methyl sites for hydroxylation is 2. The Morgan fingerprint density at radius 3 is 1.92 bits per heavy atom. The Kier molecular flexibility index (Phi) is 8.17. The second-order valence-corrected chi connectivity index (χ2v) is 10.5. The summed E-state index contributed by atoms with van der Waals surface area (Å²) >= 11 is 0. The van der Waals surface area contributed by atoms with E-state index in [0.717, 1.165) is 71.2 Å². The number of fused-ring (bicyclic) bond motifs is 2. The van der Waals surface area contributed by atoms with Gasteiger partial charge < -0.3 is 5.73 Å². The topological polar surface area (TPSA) is 118 Å². The third kappa shape index (κ3) is 5.16. The van der Waals surface area contributed by atoms with Gasteiger partial charge in [-0.1, -0.05) is 42.8 Å². The van der Waals surface area contributed by atoms with Crippen LogP contribution in [0.15, 0.2) is 51.5 Å². The molecule has 0 aromatic heterocycles. The fourth-order valence-corrected chi connectivity index (χ4v) is 5.89. The van der Waals surface area contributed by atoms with E-state index in [2.05, 4.69) is 34.3 Å². The summed E-state index contributed by atoms with van der Waals surface area (Å²) in [6.45, 7) is 5.77. The SMILES string of the molecule is CC(N=C=O)c1ccc2c(c1)CCc1cc(C(C)N=C=O)ccc1C2(CCC[C@@H](C)N)C1=NN(C)C(=O)C1. The lowest BCUT2D eigenvalue weighted by Gasteiger charge is -2.37. The summed E-state index contributed by atoms with van der Waals surface area (Å²) in [6, 6.07) is 12.0. The molecule has 2 unspecified atom stereocenters. The maximum atomic E-state index is 12.8. The number of amides is 1. The zero-order valence-electron chi connectivity index (χ0n) is 22.5. The van der Waals surface area contributed by atoms with Gasteiger partial charge in [0.2, 0.25) is 18.1 Å². The van der Waals surface area contributed by atoms with Crippen molar-refractivity contribution in [2.45, 2.75) is 82.8 Å². The molecule has 0 spiro atoms. The zero-order chi connectivity index (χ0) is 27.4. The van der Waals surface area contributed by atoms with Crippen LogP contribution in [0.25, 0.3) is 0 Å².